The third-order valence-corrected chi connectivity index (χ3v) is 2.76. The summed E-state index contributed by atoms with van der Waals surface area (Å²) < 4.78 is 22.3. The molecule has 0 atom stereocenters. The van der Waals surface area contributed by atoms with E-state index in [1.54, 1.807) is 12.1 Å². The van der Waals surface area contributed by atoms with E-state index >= 15 is 0 Å². The molecule has 1 rings (SSSR count). The molecule has 0 amide bonds. The first kappa shape index (κ1) is 11.9. The second-order valence-corrected chi connectivity index (χ2v) is 4.58. The summed E-state index contributed by atoms with van der Waals surface area (Å²) in [6.45, 7) is 0. The van der Waals surface area contributed by atoms with Crippen LogP contribution in [-0.4, -0.2) is 13.5 Å². The van der Waals surface area contributed by atoms with Crippen LogP contribution in [0.15, 0.2) is 29.2 Å². The summed E-state index contributed by atoms with van der Waals surface area (Å²) in [7, 11) is -3.78. The zero-order valence-corrected chi connectivity index (χ0v) is 9.23. The number of hydrazine groups is 1. The van der Waals surface area contributed by atoms with Gasteiger partial charge in [-0.2, -0.15) is 0 Å². The molecule has 6 N–H and O–H groups in total. The molecule has 82 valence electrons. The second kappa shape index (κ2) is 4.53. The van der Waals surface area contributed by atoms with E-state index in [0.29, 0.717) is 0 Å². The maximum atomic E-state index is 11.2. The lowest BCUT2D eigenvalue weighted by atomic mass is 10.3. The Bertz CT molecular complexity index is 472. The predicted octanol–water partition coefficient (Wildman–Crippen LogP) is -0.506. The number of benzene rings is 1. The Balaban J connectivity index is 3.13. The first-order valence-electron chi connectivity index (χ1n) is 3.84. The average Bonchev–Trinajstić information content (AvgIpc) is 2.17. The molecule has 0 aromatic heterocycles. The van der Waals surface area contributed by atoms with Crippen LogP contribution in [0, 0.1) is 0 Å². The van der Waals surface area contributed by atoms with Gasteiger partial charge < -0.3 is 10.7 Å². The van der Waals surface area contributed by atoms with Gasteiger partial charge in [-0.1, -0.05) is 12.1 Å². The number of hydrogen-bond acceptors (Lipinski definition) is 4. The molecule has 0 heterocycles. The lowest BCUT2D eigenvalue weighted by molar-refractivity contribution is 0.598. The summed E-state index contributed by atoms with van der Waals surface area (Å²) in [5.74, 6) is 5.04. The molecule has 0 aliphatic carbocycles. The number of hydrogen-bond donors (Lipinski definition) is 4. The van der Waals surface area contributed by atoms with Crippen molar-refractivity contribution < 1.29 is 8.42 Å². The lowest BCUT2D eigenvalue weighted by Crippen LogP contribution is -2.34. The molecule has 15 heavy (non-hydrogen) atoms. The maximum absolute atomic E-state index is 11.2. The molecule has 1 aromatic carbocycles. The van der Waals surface area contributed by atoms with E-state index < -0.39 is 10.0 Å². The smallest absolute Gasteiger partial charge is 0.240 e. The molecule has 8 heteroatoms. The minimum atomic E-state index is -3.78. The summed E-state index contributed by atoms with van der Waals surface area (Å²) >= 11 is 4.74. The third kappa shape index (κ3) is 3.13. The van der Waals surface area contributed by atoms with E-state index in [1.807, 2.05) is 0 Å². The van der Waals surface area contributed by atoms with Crippen LogP contribution in [0.5, 0.6) is 0 Å². The van der Waals surface area contributed by atoms with E-state index in [-0.39, 0.29) is 15.7 Å². The fourth-order valence-electron chi connectivity index (χ4n) is 0.976. The Morgan fingerprint density at radius 2 is 1.93 bits per heavy atom. The van der Waals surface area contributed by atoms with Crippen molar-refractivity contribution in [2.45, 2.75) is 4.90 Å². The van der Waals surface area contributed by atoms with Crippen molar-refractivity contribution in [3.8, 4) is 0 Å². The zero-order chi connectivity index (χ0) is 11.5. The van der Waals surface area contributed by atoms with Crippen molar-refractivity contribution in [2.75, 3.05) is 5.32 Å². The van der Waals surface area contributed by atoms with Gasteiger partial charge in [0.15, 0.2) is 5.11 Å². The molecule has 0 unspecified atom stereocenters. The minimum Gasteiger partial charge on any atom is -0.331 e. The van der Waals surface area contributed by atoms with E-state index in [9.17, 15) is 8.42 Å². The summed E-state index contributed by atoms with van der Waals surface area (Å²) in [5.41, 5.74) is 2.46. The number of nitrogens with two attached hydrogens (primary N) is 2. The highest BCUT2D eigenvalue weighted by atomic mass is 32.2. The molecule has 0 spiro atoms. The molecular formula is C7H10N4O2S2. The highest BCUT2D eigenvalue weighted by Crippen LogP contribution is 2.18. The number of rotatable bonds is 2. The van der Waals surface area contributed by atoms with Gasteiger partial charge in [-0.05, 0) is 24.4 Å². The Hall–Kier alpha value is -1.22. The summed E-state index contributed by atoms with van der Waals surface area (Å²) in [6, 6.07) is 6.11. The lowest BCUT2D eigenvalue weighted by Gasteiger charge is -2.10. The summed E-state index contributed by atoms with van der Waals surface area (Å²) in [6.07, 6.45) is 0. The maximum Gasteiger partial charge on any atom is 0.240 e. The van der Waals surface area contributed by atoms with Gasteiger partial charge in [-0.15, -0.1) is 0 Å². The fourth-order valence-corrected chi connectivity index (χ4v) is 1.78. The Morgan fingerprint density at radius 3 is 2.47 bits per heavy atom. The molecule has 0 aliphatic rings. The predicted molar refractivity (Wildman–Crippen MR) is 61.4 cm³/mol. The van der Waals surface area contributed by atoms with Crippen molar-refractivity contribution in [2.24, 2.45) is 11.0 Å². The topological polar surface area (TPSA) is 110 Å². The van der Waals surface area contributed by atoms with Gasteiger partial charge in [0, 0.05) is 0 Å². The van der Waals surface area contributed by atoms with E-state index in [1.165, 1.54) is 12.1 Å². The van der Waals surface area contributed by atoms with Gasteiger partial charge in [0.05, 0.1) is 5.69 Å². The third-order valence-electron chi connectivity index (χ3n) is 1.57. The first-order valence-corrected chi connectivity index (χ1v) is 5.80. The second-order valence-electron chi connectivity index (χ2n) is 2.64. The van der Waals surface area contributed by atoms with Crippen molar-refractivity contribution in [1.29, 1.82) is 0 Å². The number of thiocarbonyl (C=S) groups is 1. The Kier molecular flexibility index (Phi) is 3.58. The van der Waals surface area contributed by atoms with Crippen LogP contribution in [0.1, 0.15) is 0 Å². The number of anilines is 1. The molecule has 6 nitrogen and oxygen atoms in total. The highest BCUT2D eigenvalue weighted by molar-refractivity contribution is 7.89. The van der Waals surface area contributed by atoms with Crippen LogP contribution in [0.4, 0.5) is 5.69 Å². The largest absolute Gasteiger partial charge is 0.331 e. The van der Waals surface area contributed by atoms with Crippen LogP contribution in [0.2, 0.25) is 0 Å². The van der Waals surface area contributed by atoms with Gasteiger partial charge in [-0.3, -0.25) is 0 Å². The van der Waals surface area contributed by atoms with Crippen molar-refractivity contribution in [3.63, 3.8) is 0 Å². The van der Waals surface area contributed by atoms with Crippen LogP contribution in [0.25, 0.3) is 0 Å². The van der Waals surface area contributed by atoms with Gasteiger partial charge in [0.25, 0.3) is 0 Å². The molecule has 0 saturated heterocycles. The van der Waals surface area contributed by atoms with E-state index in [2.05, 4.69) is 10.7 Å². The fraction of sp³-hybridized carbons (Fsp3) is 0. The zero-order valence-electron chi connectivity index (χ0n) is 7.60. The molecule has 1 aromatic rings. The van der Waals surface area contributed by atoms with Crippen LogP contribution in [-0.2, 0) is 10.0 Å². The average molecular weight is 246 g/mol. The summed E-state index contributed by atoms with van der Waals surface area (Å²) in [5, 5.41) is 7.72. The number of para-hydroxylation sites is 1. The van der Waals surface area contributed by atoms with E-state index in [4.69, 9.17) is 23.2 Å². The molecule has 0 radical (unpaired) electrons. The standard InChI is InChI=1S/C7H10N4O2S2/c8-11-7(14)10-5-3-1-2-4-6(5)15(9,12)13/h1-4H,8H2,(H2,9,12,13)(H2,10,11,14). The quantitative estimate of drug-likeness (QED) is 0.318. The highest BCUT2D eigenvalue weighted by Gasteiger charge is 2.13. The van der Waals surface area contributed by atoms with Crippen molar-refractivity contribution in [3.05, 3.63) is 24.3 Å². The van der Waals surface area contributed by atoms with Crippen molar-refractivity contribution >= 4 is 33.0 Å². The molecule has 0 fully saturated rings. The van der Waals surface area contributed by atoms with E-state index in [0.717, 1.165) is 0 Å². The van der Waals surface area contributed by atoms with Gasteiger partial charge >= 0.3 is 0 Å². The minimum absolute atomic E-state index is 0.0393. The van der Waals surface area contributed by atoms with Gasteiger partial charge in [0.2, 0.25) is 10.0 Å². The number of sulfonamides is 1. The van der Waals surface area contributed by atoms with Crippen molar-refractivity contribution in [1.82, 2.24) is 5.43 Å². The molecular weight excluding hydrogens is 236 g/mol. The Morgan fingerprint density at radius 1 is 1.33 bits per heavy atom. The normalized spacial score (nSPS) is 10.8. The van der Waals surface area contributed by atoms with Crippen LogP contribution < -0.4 is 21.7 Å². The van der Waals surface area contributed by atoms with Gasteiger partial charge in [0.1, 0.15) is 4.90 Å². The first-order chi connectivity index (χ1) is 6.95. The summed E-state index contributed by atoms with van der Waals surface area (Å²) in [4.78, 5) is -0.0393. The number of nitrogens with one attached hydrogen (secondary N) is 2. The molecule has 0 bridgehead atoms. The van der Waals surface area contributed by atoms with Gasteiger partial charge in [-0.25, -0.2) is 19.4 Å². The monoisotopic (exact) mass is 246 g/mol. The molecule has 0 aliphatic heterocycles. The van der Waals surface area contributed by atoms with Crippen LogP contribution in [0.3, 0.4) is 0 Å². The molecule has 0 saturated carbocycles. The Labute approximate surface area is 92.7 Å². The SMILES string of the molecule is NNC(=S)Nc1ccccc1S(N)(=O)=O. The number of primary sulfonamides is 1. The van der Waals surface area contributed by atoms with Crippen LogP contribution >= 0.6 is 12.2 Å².